The van der Waals surface area contributed by atoms with Gasteiger partial charge in [-0.3, -0.25) is 0 Å². The molecule has 0 amide bonds. The lowest BCUT2D eigenvalue weighted by Gasteiger charge is -2.10. The van der Waals surface area contributed by atoms with Gasteiger partial charge in [-0.05, 0) is 35.9 Å². The molecule has 0 aliphatic heterocycles. The van der Waals surface area contributed by atoms with E-state index in [9.17, 15) is 8.78 Å². The lowest BCUT2D eigenvalue weighted by atomic mass is 10.2. The lowest BCUT2D eigenvalue weighted by Crippen LogP contribution is -1.99. The number of hydrogen-bond donors (Lipinski definition) is 0. The second-order valence-electron chi connectivity index (χ2n) is 3.95. The number of alkyl halides is 1. The number of hydrogen-bond acceptors (Lipinski definition) is 1. The Hall–Kier alpha value is -0.940. The molecule has 100 valence electrons. The highest BCUT2D eigenvalue weighted by atomic mass is 79.9. The van der Waals surface area contributed by atoms with Gasteiger partial charge in [0.2, 0.25) is 0 Å². The van der Waals surface area contributed by atoms with E-state index in [1.165, 1.54) is 12.1 Å². The summed E-state index contributed by atoms with van der Waals surface area (Å²) in [6.45, 7) is 0.121. The van der Waals surface area contributed by atoms with Gasteiger partial charge in [0.25, 0.3) is 0 Å². The average molecular weight is 392 g/mol. The van der Waals surface area contributed by atoms with Crippen molar-refractivity contribution in [3.8, 4) is 5.75 Å². The van der Waals surface area contributed by atoms with Crippen LogP contribution in [0.3, 0.4) is 0 Å². The molecule has 0 N–H and O–H groups in total. The first-order chi connectivity index (χ1) is 9.08. The van der Waals surface area contributed by atoms with Gasteiger partial charge in [-0.1, -0.05) is 31.9 Å². The highest BCUT2D eigenvalue weighted by Crippen LogP contribution is 2.26. The van der Waals surface area contributed by atoms with E-state index < -0.39 is 11.6 Å². The van der Waals surface area contributed by atoms with Gasteiger partial charge >= 0.3 is 0 Å². The molecule has 0 atom stereocenters. The topological polar surface area (TPSA) is 9.23 Å². The van der Waals surface area contributed by atoms with Crippen molar-refractivity contribution in [3.63, 3.8) is 0 Å². The molecule has 0 aromatic heterocycles. The Morgan fingerprint density at radius 1 is 1.00 bits per heavy atom. The van der Waals surface area contributed by atoms with E-state index >= 15 is 0 Å². The van der Waals surface area contributed by atoms with Crippen molar-refractivity contribution < 1.29 is 13.5 Å². The summed E-state index contributed by atoms with van der Waals surface area (Å²) < 4.78 is 32.6. The summed E-state index contributed by atoms with van der Waals surface area (Å²) in [4.78, 5) is 0. The van der Waals surface area contributed by atoms with E-state index in [4.69, 9.17) is 4.74 Å². The third-order valence-corrected chi connectivity index (χ3v) is 3.58. The first-order valence-corrected chi connectivity index (χ1v) is 7.42. The molecule has 5 heteroatoms. The predicted octanol–water partition coefficient (Wildman–Crippen LogP) is 5.20. The van der Waals surface area contributed by atoms with Crippen LogP contribution in [0.1, 0.15) is 11.1 Å². The molecule has 0 radical (unpaired) electrons. The Bertz CT molecular complexity index is 567. The summed E-state index contributed by atoms with van der Waals surface area (Å²) in [7, 11) is 0. The third-order valence-electron chi connectivity index (χ3n) is 2.48. The van der Waals surface area contributed by atoms with Crippen LogP contribution in [0.5, 0.6) is 5.75 Å². The maximum atomic E-state index is 13.0. The molecule has 2 rings (SSSR count). The van der Waals surface area contributed by atoms with Gasteiger partial charge in [0, 0.05) is 21.4 Å². The number of rotatable bonds is 4. The highest BCUT2D eigenvalue weighted by Gasteiger charge is 2.06. The van der Waals surface area contributed by atoms with Crippen molar-refractivity contribution in [2.24, 2.45) is 0 Å². The second-order valence-corrected chi connectivity index (χ2v) is 5.43. The van der Waals surface area contributed by atoms with Crippen molar-refractivity contribution in [2.45, 2.75) is 11.9 Å². The Labute approximate surface area is 126 Å². The van der Waals surface area contributed by atoms with Gasteiger partial charge in [0.05, 0.1) is 0 Å². The molecule has 0 aliphatic carbocycles. The normalized spacial score (nSPS) is 10.5. The first-order valence-electron chi connectivity index (χ1n) is 5.50. The van der Waals surface area contributed by atoms with Crippen molar-refractivity contribution >= 4 is 31.9 Å². The van der Waals surface area contributed by atoms with Crippen molar-refractivity contribution in [2.75, 3.05) is 0 Å². The average Bonchev–Trinajstić information content (AvgIpc) is 2.36. The lowest BCUT2D eigenvalue weighted by molar-refractivity contribution is 0.302. The van der Waals surface area contributed by atoms with E-state index in [0.717, 1.165) is 16.1 Å². The Morgan fingerprint density at radius 3 is 2.32 bits per heavy atom. The number of halogens is 4. The summed E-state index contributed by atoms with van der Waals surface area (Å²) in [5.74, 6) is -0.519. The largest absolute Gasteiger partial charge is 0.489 e. The van der Waals surface area contributed by atoms with Crippen LogP contribution in [0.25, 0.3) is 0 Å². The van der Waals surface area contributed by atoms with Crippen LogP contribution < -0.4 is 4.74 Å². The summed E-state index contributed by atoms with van der Waals surface area (Å²) in [5, 5.41) is 0.638. The van der Waals surface area contributed by atoms with E-state index in [-0.39, 0.29) is 6.61 Å². The predicted molar refractivity (Wildman–Crippen MR) is 77.5 cm³/mol. The van der Waals surface area contributed by atoms with Crippen LogP contribution >= 0.6 is 31.9 Å². The molecule has 0 bridgehead atoms. The number of ether oxygens (including phenoxy) is 1. The number of benzene rings is 2. The van der Waals surface area contributed by atoms with E-state index in [1.807, 2.05) is 18.2 Å². The molecular formula is C14H10Br2F2O. The monoisotopic (exact) mass is 390 g/mol. The molecule has 0 heterocycles. The molecule has 0 aliphatic rings. The summed E-state index contributed by atoms with van der Waals surface area (Å²) in [5.41, 5.74) is 1.42. The van der Waals surface area contributed by atoms with Crippen molar-refractivity contribution in [1.29, 1.82) is 0 Å². The summed E-state index contributed by atoms with van der Waals surface area (Å²) >= 11 is 6.75. The van der Waals surface area contributed by atoms with E-state index in [2.05, 4.69) is 31.9 Å². The standard InChI is InChI=1S/C14H10Br2F2O/c15-7-10-5-11(16)1-2-14(10)19-8-9-3-12(17)6-13(18)4-9/h1-6H,7-8H2. The maximum Gasteiger partial charge on any atom is 0.126 e. The van der Waals surface area contributed by atoms with Crippen molar-refractivity contribution in [1.82, 2.24) is 0 Å². The molecular weight excluding hydrogens is 382 g/mol. The van der Waals surface area contributed by atoms with E-state index in [0.29, 0.717) is 16.6 Å². The smallest absolute Gasteiger partial charge is 0.126 e. The zero-order valence-electron chi connectivity index (χ0n) is 9.80. The van der Waals surface area contributed by atoms with Gasteiger partial charge < -0.3 is 4.74 Å². The molecule has 1 nitrogen and oxygen atoms in total. The second kappa shape index (κ2) is 6.48. The first kappa shape index (κ1) is 14.5. The highest BCUT2D eigenvalue weighted by molar-refractivity contribution is 9.10. The molecule has 0 spiro atoms. The fourth-order valence-corrected chi connectivity index (χ4v) is 2.50. The molecule has 2 aromatic carbocycles. The quantitative estimate of drug-likeness (QED) is 0.650. The SMILES string of the molecule is Fc1cc(F)cc(COc2ccc(Br)cc2CBr)c1. The molecule has 0 fully saturated rings. The van der Waals surface area contributed by atoms with Crippen LogP contribution in [0.15, 0.2) is 40.9 Å². The zero-order chi connectivity index (χ0) is 13.8. The molecule has 2 aromatic rings. The Balaban J connectivity index is 2.14. The summed E-state index contributed by atoms with van der Waals surface area (Å²) in [6.07, 6.45) is 0. The van der Waals surface area contributed by atoms with Crippen LogP contribution in [0.2, 0.25) is 0 Å². The van der Waals surface area contributed by atoms with Crippen molar-refractivity contribution in [3.05, 3.63) is 63.6 Å². The van der Waals surface area contributed by atoms with Crippen LogP contribution in [-0.2, 0) is 11.9 Å². The van der Waals surface area contributed by atoms with Crippen LogP contribution in [0.4, 0.5) is 8.78 Å². The molecule has 0 saturated heterocycles. The van der Waals surface area contributed by atoms with Crippen LogP contribution in [-0.4, -0.2) is 0 Å². The Morgan fingerprint density at radius 2 is 1.68 bits per heavy atom. The van der Waals surface area contributed by atoms with Gasteiger partial charge in [0.1, 0.15) is 24.0 Å². The summed E-state index contributed by atoms with van der Waals surface area (Å²) in [6, 6.07) is 8.96. The van der Waals surface area contributed by atoms with Gasteiger partial charge in [-0.25, -0.2) is 8.78 Å². The fourth-order valence-electron chi connectivity index (χ4n) is 1.65. The molecule has 0 unspecified atom stereocenters. The minimum Gasteiger partial charge on any atom is -0.489 e. The van der Waals surface area contributed by atoms with E-state index in [1.54, 1.807) is 0 Å². The van der Waals surface area contributed by atoms with Gasteiger partial charge in [0.15, 0.2) is 0 Å². The zero-order valence-corrected chi connectivity index (χ0v) is 13.0. The Kier molecular flexibility index (Phi) is 4.93. The van der Waals surface area contributed by atoms with Gasteiger partial charge in [-0.2, -0.15) is 0 Å². The maximum absolute atomic E-state index is 13.0. The third kappa shape index (κ3) is 4.01. The fraction of sp³-hybridized carbons (Fsp3) is 0.143. The minimum atomic E-state index is -0.602. The minimum absolute atomic E-state index is 0.121. The van der Waals surface area contributed by atoms with Crippen LogP contribution in [0, 0.1) is 11.6 Å². The molecule has 0 saturated carbocycles. The van der Waals surface area contributed by atoms with Gasteiger partial charge in [-0.15, -0.1) is 0 Å². The molecule has 19 heavy (non-hydrogen) atoms.